The average molecular weight is 423 g/mol. The molecule has 3 heterocycles. The molecule has 1 fully saturated rings. The fraction of sp³-hybridized carbons (Fsp3) is 0.591. The molecule has 0 bridgehead atoms. The normalized spacial score (nSPS) is 17.9. The quantitative estimate of drug-likeness (QED) is 0.681. The summed E-state index contributed by atoms with van der Waals surface area (Å²) in [4.78, 5) is 17.9. The zero-order valence-corrected chi connectivity index (χ0v) is 18.3. The van der Waals surface area contributed by atoms with Crippen molar-refractivity contribution in [3.8, 4) is 5.75 Å². The fourth-order valence-electron chi connectivity index (χ4n) is 4.27. The van der Waals surface area contributed by atoms with Crippen LogP contribution in [0, 0.1) is 0 Å². The third-order valence-electron chi connectivity index (χ3n) is 5.86. The monoisotopic (exact) mass is 422 g/mol. The van der Waals surface area contributed by atoms with Crippen LogP contribution in [0.4, 0.5) is 0 Å². The summed E-state index contributed by atoms with van der Waals surface area (Å²) in [6.45, 7) is 5.77. The van der Waals surface area contributed by atoms with Gasteiger partial charge in [-0.25, -0.2) is 0 Å². The minimum Gasteiger partial charge on any atom is -0.490 e. The van der Waals surface area contributed by atoms with Gasteiger partial charge in [-0.05, 0) is 61.7 Å². The minimum absolute atomic E-state index is 0. The molecule has 0 amide bonds. The number of rotatable bonds is 6. The molecule has 0 unspecified atom stereocenters. The summed E-state index contributed by atoms with van der Waals surface area (Å²) in [6.07, 6.45) is 7.41. The standard InChI is InChI=1S/C22H30N2O2S.ClH/c1-2-3-4-10-24-11-7-16(8-12-24)26-17-5-6-21-19(14-17)18-9-13-27-15-20(18)22(25)23-21;/h5-6,14,16H,2-4,7-13,15H2,1H3,(H,23,25);1H. The van der Waals surface area contributed by atoms with Gasteiger partial charge >= 0.3 is 0 Å². The number of aryl methyl sites for hydroxylation is 1. The lowest BCUT2D eigenvalue weighted by Crippen LogP contribution is -2.38. The Labute approximate surface area is 177 Å². The highest BCUT2D eigenvalue weighted by Gasteiger charge is 2.21. The van der Waals surface area contributed by atoms with Crippen LogP contribution in [0.15, 0.2) is 23.0 Å². The number of unbranched alkanes of at least 4 members (excludes halogenated alkanes) is 2. The Morgan fingerprint density at radius 1 is 1.21 bits per heavy atom. The zero-order chi connectivity index (χ0) is 18.6. The highest BCUT2D eigenvalue weighted by atomic mass is 35.5. The first-order chi connectivity index (χ1) is 13.2. The molecule has 4 nitrogen and oxygen atoms in total. The number of nitrogens with zero attached hydrogens (tertiary/aromatic N) is 1. The summed E-state index contributed by atoms with van der Waals surface area (Å²) in [5.74, 6) is 2.86. The number of benzene rings is 1. The molecule has 6 heteroatoms. The summed E-state index contributed by atoms with van der Waals surface area (Å²) < 4.78 is 6.33. The van der Waals surface area contributed by atoms with Gasteiger partial charge in [0, 0.05) is 35.3 Å². The van der Waals surface area contributed by atoms with E-state index in [1.807, 2.05) is 23.9 Å². The van der Waals surface area contributed by atoms with Gasteiger partial charge in [-0.1, -0.05) is 19.8 Å². The van der Waals surface area contributed by atoms with Gasteiger partial charge in [0.1, 0.15) is 11.9 Å². The van der Waals surface area contributed by atoms with Crippen LogP contribution < -0.4 is 10.3 Å². The van der Waals surface area contributed by atoms with Crippen LogP contribution >= 0.6 is 24.2 Å². The van der Waals surface area contributed by atoms with Crippen molar-refractivity contribution in [1.29, 1.82) is 0 Å². The molecule has 2 aliphatic rings. The molecule has 28 heavy (non-hydrogen) atoms. The molecule has 1 N–H and O–H groups in total. The molecule has 4 rings (SSSR count). The number of hydrogen-bond donors (Lipinski definition) is 1. The van der Waals surface area contributed by atoms with Gasteiger partial charge in [0.05, 0.1) is 0 Å². The highest BCUT2D eigenvalue weighted by Crippen LogP contribution is 2.30. The van der Waals surface area contributed by atoms with Crippen LogP contribution in [0.1, 0.15) is 50.2 Å². The van der Waals surface area contributed by atoms with Crippen LogP contribution in [-0.2, 0) is 12.2 Å². The molecular weight excluding hydrogens is 392 g/mol. The lowest BCUT2D eigenvalue weighted by Gasteiger charge is -2.32. The molecule has 0 atom stereocenters. The summed E-state index contributed by atoms with van der Waals surface area (Å²) in [5.41, 5.74) is 3.19. The number of ether oxygens (including phenoxy) is 1. The maximum Gasteiger partial charge on any atom is 0.252 e. The molecule has 0 spiro atoms. The van der Waals surface area contributed by atoms with Gasteiger partial charge < -0.3 is 14.6 Å². The van der Waals surface area contributed by atoms with Gasteiger partial charge in [-0.15, -0.1) is 12.4 Å². The number of hydrogen-bond acceptors (Lipinski definition) is 4. The summed E-state index contributed by atoms with van der Waals surface area (Å²) in [5, 5.41) is 1.17. The molecule has 0 saturated carbocycles. The van der Waals surface area contributed by atoms with Crippen LogP contribution in [-0.4, -0.2) is 41.4 Å². The Balaban J connectivity index is 0.00000225. The van der Waals surface area contributed by atoms with E-state index in [9.17, 15) is 4.79 Å². The number of thioether (sulfide) groups is 1. The molecule has 1 aromatic carbocycles. The second-order valence-corrected chi connectivity index (χ2v) is 8.89. The predicted octanol–water partition coefficient (Wildman–Crippen LogP) is 4.77. The number of halogens is 1. The van der Waals surface area contributed by atoms with Crippen molar-refractivity contribution in [3.05, 3.63) is 39.7 Å². The van der Waals surface area contributed by atoms with Crippen molar-refractivity contribution >= 4 is 35.1 Å². The molecule has 0 radical (unpaired) electrons. The zero-order valence-electron chi connectivity index (χ0n) is 16.7. The van der Waals surface area contributed by atoms with Crippen molar-refractivity contribution < 1.29 is 4.74 Å². The Kier molecular flexibility index (Phi) is 7.72. The molecule has 154 valence electrons. The van der Waals surface area contributed by atoms with Crippen molar-refractivity contribution in [2.24, 2.45) is 0 Å². The van der Waals surface area contributed by atoms with Gasteiger partial charge in [-0.3, -0.25) is 4.79 Å². The first-order valence-electron chi connectivity index (χ1n) is 10.4. The van der Waals surface area contributed by atoms with Gasteiger partial charge in [0.15, 0.2) is 0 Å². The lowest BCUT2D eigenvalue weighted by atomic mass is 10.0. The smallest absolute Gasteiger partial charge is 0.252 e. The van der Waals surface area contributed by atoms with E-state index in [-0.39, 0.29) is 18.0 Å². The van der Waals surface area contributed by atoms with E-state index in [1.165, 1.54) is 36.8 Å². The lowest BCUT2D eigenvalue weighted by molar-refractivity contribution is 0.0997. The van der Waals surface area contributed by atoms with Crippen molar-refractivity contribution in [1.82, 2.24) is 9.88 Å². The predicted molar refractivity (Wildman–Crippen MR) is 121 cm³/mol. The number of likely N-dealkylation sites (tertiary alicyclic amines) is 1. The third kappa shape index (κ3) is 4.87. The summed E-state index contributed by atoms with van der Waals surface area (Å²) in [7, 11) is 0. The summed E-state index contributed by atoms with van der Waals surface area (Å²) in [6, 6.07) is 6.16. The number of H-pyrrole nitrogens is 1. The third-order valence-corrected chi connectivity index (χ3v) is 6.85. The number of aromatic nitrogens is 1. The first kappa shape index (κ1) is 21.5. The van der Waals surface area contributed by atoms with E-state index in [0.717, 1.165) is 60.7 Å². The SMILES string of the molecule is CCCCCN1CCC(Oc2ccc3[nH]c(=O)c4c(c3c2)CCSC4)CC1.Cl. The highest BCUT2D eigenvalue weighted by molar-refractivity contribution is 7.98. The molecule has 0 aliphatic carbocycles. The molecule has 2 aromatic rings. The number of fused-ring (bicyclic) bond motifs is 3. The van der Waals surface area contributed by atoms with E-state index < -0.39 is 0 Å². The number of nitrogens with one attached hydrogen (secondary N) is 1. The molecule has 1 saturated heterocycles. The molecule has 1 aromatic heterocycles. The van der Waals surface area contributed by atoms with Crippen molar-refractivity contribution in [2.45, 2.75) is 57.3 Å². The second-order valence-electron chi connectivity index (χ2n) is 7.79. The Morgan fingerprint density at radius 2 is 2.04 bits per heavy atom. The van der Waals surface area contributed by atoms with Crippen LogP contribution in [0.25, 0.3) is 10.9 Å². The van der Waals surface area contributed by atoms with Crippen molar-refractivity contribution in [3.63, 3.8) is 0 Å². The minimum atomic E-state index is 0. The van der Waals surface area contributed by atoms with Crippen LogP contribution in [0.2, 0.25) is 0 Å². The van der Waals surface area contributed by atoms with Crippen LogP contribution in [0.5, 0.6) is 5.75 Å². The van der Waals surface area contributed by atoms with Gasteiger partial charge in [0.2, 0.25) is 0 Å². The topological polar surface area (TPSA) is 45.3 Å². The maximum absolute atomic E-state index is 12.3. The van der Waals surface area contributed by atoms with E-state index in [1.54, 1.807) is 0 Å². The molecular formula is C22H31ClN2O2S. The Bertz CT molecular complexity index is 846. The van der Waals surface area contributed by atoms with Gasteiger partial charge in [0.25, 0.3) is 5.56 Å². The maximum atomic E-state index is 12.3. The largest absolute Gasteiger partial charge is 0.490 e. The van der Waals surface area contributed by atoms with E-state index in [4.69, 9.17) is 4.74 Å². The van der Waals surface area contributed by atoms with E-state index in [2.05, 4.69) is 22.9 Å². The van der Waals surface area contributed by atoms with Crippen LogP contribution in [0.3, 0.4) is 0 Å². The van der Waals surface area contributed by atoms with E-state index in [0.29, 0.717) is 6.10 Å². The average Bonchev–Trinajstić information content (AvgIpc) is 2.70. The number of piperidine rings is 1. The molecule has 2 aliphatic heterocycles. The van der Waals surface area contributed by atoms with Crippen molar-refractivity contribution in [2.75, 3.05) is 25.4 Å². The number of pyridine rings is 1. The second kappa shape index (κ2) is 10.0. The Morgan fingerprint density at radius 3 is 2.82 bits per heavy atom. The first-order valence-corrected chi connectivity index (χ1v) is 11.5. The summed E-state index contributed by atoms with van der Waals surface area (Å²) >= 11 is 1.84. The number of aromatic amines is 1. The van der Waals surface area contributed by atoms with Gasteiger partial charge in [-0.2, -0.15) is 11.8 Å². The fourth-order valence-corrected chi connectivity index (χ4v) is 5.27. The Hall–Kier alpha value is -1.17. The van der Waals surface area contributed by atoms with E-state index >= 15 is 0 Å².